The van der Waals surface area contributed by atoms with Gasteiger partial charge in [0.05, 0.1) is 0 Å². The Kier molecular flexibility index (Phi) is 5.40. The van der Waals surface area contributed by atoms with Gasteiger partial charge in [-0.05, 0) is 57.2 Å². The minimum atomic E-state index is 0.178. The van der Waals surface area contributed by atoms with Gasteiger partial charge >= 0.3 is 0 Å². The fourth-order valence-corrected chi connectivity index (χ4v) is 3.45. The lowest BCUT2D eigenvalue weighted by molar-refractivity contribution is 0.0683. The summed E-state index contributed by atoms with van der Waals surface area (Å²) < 4.78 is 0. The van der Waals surface area contributed by atoms with Gasteiger partial charge in [-0.1, -0.05) is 25.1 Å². The maximum absolute atomic E-state index is 12.8. The van der Waals surface area contributed by atoms with E-state index in [1.54, 1.807) is 0 Å². The van der Waals surface area contributed by atoms with E-state index in [-0.39, 0.29) is 5.91 Å². The van der Waals surface area contributed by atoms with E-state index in [2.05, 4.69) is 12.2 Å². The van der Waals surface area contributed by atoms with Crippen LogP contribution < -0.4 is 5.32 Å². The predicted octanol–water partition coefficient (Wildman–Crippen LogP) is 3.30. The highest BCUT2D eigenvalue weighted by Gasteiger charge is 2.27. The van der Waals surface area contributed by atoms with Gasteiger partial charge in [0, 0.05) is 24.7 Å². The average Bonchev–Trinajstić information content (AvgIpc) is 2.47. The van der Waals surface area contributed by atoms with Crippen molar-refractivity contribution < 1.29 is 4.79 Å². The molecule has 1 saturated carbocycles. The number of amides is 1. The third-order valence-corrected chi connectivity index (χ3v) is 4.75. The van der Waals surface area contributed by atoms with E-state index in [9.17, 15) is 4.79 Å². The number of aryl methyl sites for hydroxylation is 2. The molecule has 116 valence electrons. The normalized spacial score (nSPS) is 22.1. The molecule has 1 fully saturated rings. The van der Waals surface area contributed by atoms with E-state index in [1.807, 2.05) is 44.0 Å². The largest absolute Gasteiger partial charge is 0.339 e. The van der Waals surface area contributed by atoms with Gasteiger partial charge in [-0.25, -0.2) is 0 Å². The molecule has 1 amide bonds. The topological polar surface area (TPSA) is 32.3 Å². The summed E-state index contributed by atoms with van der Waals surface area (Å²) in [5, 5.41) is 3.52. The van der Waals surface area contributed by atoms with Crippen LogP contribution in [-0.4, -0.2) is 36.5 Å². The van der Waals surface area contributed by atoms with Crippen LogP contribution in [0.3, 0.4) is 0 Å². The summed E-state index contributed by atoms with van der Waals surface area (Å²) >= 11 is 0. The maximum Gasteiger partial charge on any atom is 0.254 e. The molecule has 0 spiro atoms. The Morgan fingerprint density at radius 2 is 1.76 bits per heavy atom. The molecule has 1 aliphatic rings. The Labute approximate surface area is 128 Å². The third-order valence-electron chi connectivity index (χ3n) is 4.75. The molecule has 0 radical (unpaired) electrons. The van der Waals surface area contributed by atoms with Gasteiger partial charge in [-0.2, -0.15) is 0 Å². The average molecular weight is 288 g/mol. The highest BCUT2D eigenvalue weighted by Crippen LogP contribution is 2.25. The monoisotopic (exact) mass is 288 g/mol. The van der Waals surface area contributed by atoms with Crippen LogP contribution in [0.4, 0.5) is 0 Å². The zero-order chi connectivity index (χ0) is 15.4. The first-order valence-corrected chi connectivity index (χ1v) is 8.11. The standard InChI is InChI=1S/C18H28N2O/c1-5-19-15-9-11-16(12-10-15)20(4)18(21)17-13(2)7-6-8-14(17)3/h6-8,15-16,19H,5,9-12H2,1-4H3. The number of hydrogen-bond donors (Lipinski definition) is 1. The lowest BCUT2D eigenvalue weighted by atomic mass is 9.89. The van der Waals surface area contributed by atoms with Crippen molar-refractivity contribution >= 4 is 5.91 Å². The van der Waals surface area contributed by atoms with Crippen molar-refractivity contribution in [3.63, 3.8) is 0 Å². The Morgan fingerprint density at radius 1 is 1.19 bits per heavy atom. The summed E-state index contributed by atoms with van der Waals surface area (Å²) in [5.41, 5.74) is 3.04. The lowest BCUT2D eigenvalue weighted by Crippen LogP contribution is -2.43. The number of carbonyl (C=O) groups excluding carboxylic acids is 1. The number of nitrogens with one attached hydrogen (secondary N) is 1. The van der Waals surface area contributed by atoms with Crippen LogP contribution in [0, 0.1) is 13.8 Å². The second-order valence-electron chi connectivity index (χ2n) is 6.25. The summed E-state index contributed by atoms with van der Waals surface area (Å²) in [5.74, 6) is 0.178. The molecule has 3 heteroatoms. The van der Waals surface area contributed by atoms with Crippen molar-refractivity contribution in [2.75, 3.05) is 13.6 Å². The lowest BCUT2D eigenvalue weighted by Gasteiger charge is -2.35. The number of benzene rings is 1. The summed E-state index contributed by atoms with van der Waals surface area (Å²) in [6.45, 7) is 7.24. The molecular weight excluding hydrogens is 260 g/mol. The van der Waals surface area contributed by atoms with E-state index in [0.29, 0.717) is 12.1 Å². The van der Waals surface area contributed by atoms with Gasteiger partial charge in [-0.3, -0.25) is 4.79 Å². The van der Waals surface area contributed by atoms with Crippen LogP contribution in [0.1, 0.15) is 54.1 Å². The number of rotatable bonds is 4. The van der Waals surface area contributed by atoms with Crippen molar-refractivity contribution in [3.05, 3.63) is 34.9 Å². The molecule has 0 unspecified atom stereocenters. The summed E-state index contributed by atoms with van der Waals surface area (Å²) in [6.07, 6.45) is 4.54. The zero-order valence-corrected chi connectivity index (χ0v) is 13.8. The molecule has 1 aromatic rings. The second kappa shape index (κ2) is 7.08. The number of carbonyl (C=O) groups is 1. The second-order valence-corrected chi connectivity index (χ2v) is 6.25. The zero-order valence-electron chi connectivity index (χ0n) is 13.8. The fourth-order valence-electron chi connectivity index (χ4n) is 3.45. The third kappa shape index (κ3) is 3.65. The highest BCUT2D eigenvalue weighted by molar-refractivity contribution is 5.97. The number of nitrogens with zero attached hydrogens (tertiary/aromatic N) is 1. The van der Waals surface area contributed by atoms with Crippen molar-refractivity contribution in [1.82, 2.24) is 10.2 Å². The van der Waals surface area contributed by atoms with Crippen LogP contribution in [0.5, 0.6) is 0 Å². The molecule has 21 heavy (non-hydrogen) atoms. The van der Waals surface area contributed by atoms with Crippen LogP contribution >= 0.6 is 0 Å². The van der Waals surface area contributed by atoms with Gasteiger partial charge in [0.1, 0.15) is 0 Å². The van der Waals surface area contributed by atoms with Crippen LogP contribution in [0.2, 0.25) is 0 Å². The molecule has 2 rings (SSSR count). The first-order valence-electron chi connectivity index (χ1n) is 8.11. The SMILES string of the molecule is CCNC1CCC(N(C)C(=O)c2c(C)cccc2C)CC1. The van der Waals surface area contributed by atoms with E-state index in [1.165, 1.54) is 12.8 Å². The van der Waals surface area contributed by atoms with Crippen molar-refractivity contribution in [2.45, 2.75) is 58.5 Å². The molecule has 0 aliphatic heterocycles. The quantitative estimate of drug-likeness (QED) is 0.922. The predicted molar refractivity (Wildman–Crippen MR) is 87.7 cm³/mol. The summed E-state index contributed by atoms with van der Waals surface area (Å²) in [6, 6.07) is 7.08. The maximum atomic E-state index is 12.8. The molecule has 1 aliphatic carbocycles. The van der Waals surface area contributed by atoms with Crippen LogP contribution in [0.25, 0.3) is 0 Å². The molecule has 0 heterocycles. The summed E-state index contributed by atoms with van der Waals surface area (Å²) in [7, 11) is 1.96. The van der Waals surface area contributed by atoms with Gasteiger partial charge < -0.3 is 10.2 Å². The van der Waals surface area contributed by atoms with Gasteiger partial charge in [-0.15, -0.1) is 0 Å². The van der Waals surface area contributed by atoms with Crippen molar-refractivity contribution in [1.29, 1.82) is 0 Å². The van der Waals surface area contributed by atoms with E-state index < -0.39 is 0 Å². The summed E-state index contributed by atoms with van der Waals surface area (Å²) in [4.78, 5) is 14.8. The molecule has 1 aromatic carbocycles. The minimum absolute atomic E-state index is 0.178. The molecule has 1 N–H and O–H groups in total. The molecule has 0 aromatic heterocycles. The van der Waals surface area contributed by atoms with E-state index >= 15 is 0 Å². The fraction of sp³-hybridized carbons (Fsp3) is 0.611. The van der Waals surface area contributed by atoms with E-state index in [4.69, 9.17) is 0 Å². The highest BCUT2D eigenvalue weighted by atomic mass is 16.2. The molecule has 0 saturated heterocycles. The first kappa shape index (κ1) is 16.0. The van der Waals surface area contributed by atoms with Crippen LogP contribution in [-0.2, 0) is 0 Å². The number of hydrogen-bond acceptors (Lipinski definition) is 2. The van der Waals surface area contributed by atoms with Gasteiger partial charge in [0.15, 0.2) is 0 Å². The van der Waals surface area contributed by atoms with E-state index in [0.717, 1.165) is 36.1 Å². The molecular formula is C18H28N2O. The Balaban J connectivity index is 2.04. The van der Waals surface area contributed by atoms with Crippen molar-refractivity contribution in [3.8, 4) is 0 Å². The Bertz CT molecular complexity index is 470. The Morgan fingerprint density at radius 3 is 2.29 bits per heavy atom. The van der Waals surface area contributed by atoms with Gasteiger partial charge in [0.25, 0.3) is 5.91 Å². The Hall–Kier alpha value is -1.35. The first-order chi connectivity index (χ1) is 10.0. The minimum Gasteiger partial charge on any atom is -0.339 e. The molecule has 0 atom stereocenters. The van der Waals surface area contributed by atoms with Crippen molar-refractivity contribution in [2.24, 2.45) is 0 Å². The molecule has 0 bridgehead atoms. The van der Waals surface area contributed by atoms with Gasteiger partial charge in [0.2, 0.25) is 0 Å². The van der Waals surface area contributed by atoms with Crippen LogP contribution in [0.15, 0.2) is 18.2 Å². The molecule has 3 nitrogen and oxygen atoms in total. The smallest absolute Gasteiger partial charge is 0.254 e.